The lowest BCUT2D eigenvalue weighted by Gasteiger charge is -2.17. The van der Waals surface area contributed by atoms with Crippen LogP contribution in [-0.4, -0.2) is 21.2 Å². The van der Waals surface area contributed by atoms with Crippen LogP contribution in [0.5, 0.6) is 5.75 Å². The van der Waals surface area contributed by atoms with E-state index in [0.29, 0.717) is 23.1 Å². The zero-order valence-electron chi connectivity index (χ0n) is 17.8. The van der Waals surface area contributed by atoms with E-state index in [1.54, 1.807) is 17.8 Å². The summed E-state index contributed by atoms with van der Waals surface area (Å²) in [7, 11) is 0. The summed E-state index contributed by atoms with van der Waals surface area (Å²) in [5.41, 5.74) is 3.68. The molecule has 0 aliphatic heterocycles. The molecule has 1 heterocycles. The Labute approximate surface area is 191 Å². The van der Waals surface area contributed by atoms with Gasteiger partial charge in [0.25, 0.3) is 0 Å². The molecule has 0 aliphatic rings. The third kappa shape index (κ3) is 5.42. The molecule has 162 valence electrons. The van der Waals surface area contributed by atoms with Gasteiger partial charge in [-0.3, -0.25) is 0 Å². The van der Waals surface area contributed by atoms with Crippen molar-refractivity contribution in [3.05, 3.63) is 96.1 Å². The van der Waals surface area contributed by atoms with Gasteiger partial charge in [-0.2, -0.15) is 16.7 Å². The zero-order valence-corrected chi connectivity index (χ0v) is 18.6. The molecule has 4 aromatic rings. The van der Waals surface area contributed by atoms with Gasteiger partial charge < -0.3 is 10.1 Å². The number of ether oxygens (including phenoxy) is 1. The van der Waals surface area contributed by atoms with Crippen molar-refractivity contribution in [2.45, 2.75) is 18.8 Å². The summed E-state index contributed by atoms with van der Waals surface area (Å²) < 4.78 is 20.1. The number of thioether (sulfide) groups is 1. The molecule has 3 aromatic carbocycles. The first-order chi connectivity index (χ1) is 15.6. The number of anilines is 2. The molecule has 1 N–H and O–H groups in total. The van der Waals surface area contributed by atoms with Crippen molar-refractivity contribution >= 4 is 23.4 Å². The minimum atomic E-state index is -0.387. The van der Waals surface area contributed by atoms with Crippen molar-refractivity contribution < 1.29 is 9.13 Å². The first-order valence-electron chi connectivity index (χ1n) is 10.2. The largest absolute Gasteiger partial charge is 0.485 e. The monoisotopic (exact) mass is 446 g/mol. The number of rotatable bonds is 8. The van der Waals surface area contributed by atoms with E-state index < -0.39 is 0 Å². The molecule has 0 aliphatic carbocycles. The Kier molecular flexibility index (Phi) is 6.97. The minimum Gasteiger partial charge on any atom is -0.485 e. The van der Waals surface area contributed by atoms with Crippen LogP contribution in [0.3, 0.4) is 0 Å². The lowest BCUT2D eigenvalue weighted by Crippen LogP contribution is -2.06. The molecule has 32 heavy (non-hydrogen) atoms. The van der Waals surface area contributed by atoms with Crippen LogP contribution >= 0.6 is 11.8 Å². The Bertz CT molecular complexity index is 1190. The van der Waals surface area contributed by atoms with Crippen LogP contribution in [0.1, 0.15) is 24.2 Å². The molecule has 0 saturated heterocycles. The quantitative estimate of drug-likeness (QED) is 0.337. The third-order valence-corrected chi connectivity index (χ3v) is 5.45. The molecule has 0 spiro atoms. The van der Waals surface area contributed by atoms with Crippen molar-refractivity contribution in [1.29, 1.82) is 0 Å². The number of aromatic nitrogens is 3. The molecular weight excluding hydrogens is 423 g/mol. The van der Waals surface area contributed by atoms with Gasteiger partial charge in [0.15, 0.2) is 5.82 Å². The summed E-state index contributed by atoms with van der Waals surface area (Å²) in [4.78, 5) is 13.1. The van der Waals surface area contributed by atoms with Crippen LogP contribution in [0.2, 0.25) is 0 Å². The molecular formula is C25H23FN4OS. The van der Waals surface area contributed by atoms with Crippen LogP contribution < -0.4 is 10.1 Å². The van der Waals surface area contributed by atoms with Crippen LogP contribution in [-0.2, 0) is 5.75 Å². The van der Waals surface area contributed by atoms with E-state index in [0.717, 1.165) is 17.0 Å². The molecule has 4 rings (SSSR count). The summed E-state index contributed by atoms with van der Waals surface area (Å²) in [5, 5.41) is 3.22. The van der Waals surface area contributed by atoms with Crippen molar-refractivity contribution in [2.75, 3.05) is 11.6 Å². The number of hydrogen-bond acceptors (Lipinski definition) is 6. The number of hydrogen-bond donors (Lipinski definition) is 1. The van der Waals surface area contributed by atoms with Gasteiger partial charge in [0, 0.05) is 17.5 Å². The first-order valence-corrected chi connectivity index (χ1v) is 11.6. The van der Waals surface area contributed by atoms with Gasteiger partial charge >= 0.3 is 0 Å². The molecule has 5 nitrogen and oxygen atoms in total. The van der Waals surface area contributed by atoms with E-state index >= 15 is 0 Å². The molecule has 1 aromatic heterocycles. The average molecular weight is 447 g/mol. The van der Waals surface area contributed by atoms with E-state index in [1.807, 2.05) is 49.4 Å². The minimum absolute atomic E-state index is 0.268. The predicted octanol–water partition coefficient (Wildman–Crippen LogP) is 6.42. The van der Waals surface area contributed by atoms with Crippen LogP contribution in [0.15, 0.2) is 79.1 Å². The van der Waals surface area contributed by atoms with Gasteiger partial charge in [0.1, 0.15) is 24.0 Å². The molecule has 0 bridgehead atoms. The second kappa shape index (κ2) is 10.2. The Hall–Kier alpha value is -3.45. The lowest BCUT2D eigenvalue weighted by atomic mass is 10.1. The summed E-state index contributed by atoms with van der Waals surface area (Å²) >= 11 is 1.76. The highest BCUT2D eigenvalue weighted by Crippen LogP contribution is 2.32. The summed E-state index contributed by atoms with van der Waals surface area (Å²) in [6.07, 6.45) is 3.24. The normalized spacial score (nSPS) is 11.7. The summed E-state index contributed by atoms with van der Waals surface area (Å²) in [6.45, 7) is 1.92. The van der Waals surface area contributed by atoms with E-state index in [-0.39, 0.29) is 11.9 Å². The van der Waals surface area contributed by atoms with Gasteiger partial charge in [0.05, 0.1) is 5.56 Å². The van der Waals surface area contributed by atoms with Crippen molar-refractivity contribution in [1.82, 2.24) is 15.0 Å². The van der Waals surface area contributed by atoms with Gasteiger partial charge in [-0.05, 0) is 48.6 Å². The summed E-state index contributed by atoms with van der Waals surface area (Å²) in [5.74, 6) is 1.72. The van der Waals surface area contributed by atoms with Gasteiger partial charge in [-0.1, -0.05) is 42.5 Å². The molecule has 7 heteroatoms. The second-order valence-electron chi connectivity index (χ2n) is 7.20. The second-order valence-corrected chi connectivity index (χ2v) is 8.07. The number of benzene rings is 3. The zero-order chi connectivity index (χ0) is 22.3. The fourth-order valence-electron chi connectivity index (χ4n) is 3.28. The maximum absolute atomic E-state index is 14.0. The highest BCUT2D eigenvalue weighted by atomic mass is 32.2. The van der Waals surface area contributed by atoms with Crippen LogP contribution in [0, 0.1) is 5.82 Å². The van der Waals surface area contributed by atoms with E-state index in [1.165, 1.54) is 24.0 Å². The standard InChI is InChI=1S/C25H23FN4OS/c1-17(19-8-4-3-5-9-19)31-23-14-20(26)11-12-22(23)24-27-16-28-25(30-24)29-21-10-6-7-18(13-21)15-32-2/h3-14,16-17H,15H2,1-2H3,(H,27,28,29,30)/t17-/m1/s1. The fourth-order valence-corrected chi connectivity index (χ4v) is 3.79. The molecule has 0 fully saturated rings. The SMILES string of the molecule is CSCc1cccc(Nc2ncnc(-c3ccc(F)cc3O[C@H](C)c3ccccc3)n2)c1. The first kappa shape index (κ1) is 21.8. The maximum Gasteiger partial charge on any atom is 0.230 e. The van der Waals surface area contributed by atoms with Gasteiger partial charge in [-0.25, -0.2) is 14.4 Å². The number of nitrogens with zero attached hydrogens (tertiary/aromatic N) is 3. The Morgan fingerprint density at radius 1 is 1.00 bits per heavy atom. The third-order valence-electron chi connectivity index (χ3n) is 4.82. The van der Waals surface area contributed by atoms with Crippen LogP contribution in [0.25, 0.3) is 11.4 Å². The molecule has 0 saturated carbocycles. The number of halogens is 1. The Morgan fingerprint density at radius 3 is 2.66 bits per heavy atom. The average Bonchev–Trinajstić information content (AvgIpc) is 2.80. The lowest BCUT2D eigenvalue weighted by molar-refractivity contribution is 0.227. The van der Waals surface area contributed by atoms with Gasteiger partial charge in [0.2, 0.25) is 5.95 Å². The van der Waals surface area contributed by atoms with Crippen molar-refractivity contribution in [3.8, 4) is 17.1 Å². The molecule has 0 unspecified atom stereocenters. The van der Waals surface area contributed by atoms with Crippen LogP contribution in [0.4, 0.5) is 16.0 Å². The van der Waals surface area contributed by atoms with E-state index in [9.17, 15) is 4.39 Å². The van der Waals surface area contributed by atoms with Crippen molar-refractivity contribution in [2.24, 2.45) is 0 Å². The topological polar surface area (TPSA) is 59.9 Å². The number of nitrogens with one attached hydrogen (secondary N) is 1. The molecule has 0 radical (unpaired) electrons. The van der Waals surface area contributed by atoms with E-state index in [2.05, 4.69) is 38.7 Å². The van der Waals surface area contributed by atoms with Gasteiger partial charge in [-0.15, -0.1) is 0 Å². The Morgan fingerprint density at radius 2 is 1.84 bits per heavy atom. The van der Waals surface area contributed by atoms with E-state index in [4.69, 9.17) is 4.74 Å². The molecule has 0 amide bonds. The Balaban J connectivity index is 1.61. The highest BCUT2D eigenvalue weighted by Gasteiger charge is 2.15. The summed E-state index contributed by atoms with van der Waals surface area (Å²) in [6, 6.07) is 22.2. The fraction of sp³-hybridized carbons (Fsp3) is 0.160. The maximum atomic E-state index is 14.0. The smallest absolute Gasteiger partial charge is 0.230 e. The van der Waals surface area contributed by atoms with Crippen molar-refractivity contribution in [3.63, 3.8) is 0 Å². The highest BCUT2D eigenvalue weighted by molar-refractivity contribution is 7.97. The predicted molar refractivity (Wildman–Crippen MR) is 128 cm³/mol. The molecule has 1 atom stereocenters.